The van der Waals surface area contributed by atoms with Crippen molar-refractivity contribution in [3.8, 4) is 5.75 Å². The number of carbonyl (C=O) groups excluding carboxylic acids is 2. The maximum absolute atomic E-state index is 13.7. The minimum Gasteiger partial charge on any atom is -0.508 e. The number of phenols is 1. The number of fused-ring (bicyclic) bond motifs is 3. The third-order valence-corrected chi connectivity index (χ3v) is 8.07. The molecule has 2 saturated heterocycles. The normalized spacial score (nSPS) is 24.8. The van der Waals surface area contributed by atoms with Crippen LogP contribution in [0.25, 0.3) is 6.08 Å². The topological polar surface area (TPSA) is 119 Å². The van der Waals surface area contributed by atoms with Crippen molar-refractivity contribution in [3.63, 3.8) is 0 Å². The van der Waals surface area contributed by atoms with E-state index in [4.69, 9.17) is 9.47 Å². The third kappa shape index (κ3) is 5.12. The van der Waals surface area contributed by atoms with E-state index in [1.54, 1.807) is 25.3 Å². The predicted octanol–water partition coefficient (Wildman–Crippen LogP) is 5.04. The molecule has 2 aromatic carbocycles. The standard InChI is InChI=1S/C30H32N2O7/c1-3-18(13-19-7-10-23(33)11-8-19)9-12-26-27-20(16-38-2)14-24-28(25(27)17-39-26)30(35)31(29(24)34)21-5-4-6-22(15-21)32(36)37/h4-8,10-11,13,15,24-26,28,33H,3,9,12,14,16-17H2,1-2H3/b18-13+/t24-,25+,26-,28-/m1/s1. The lowest BCUT2D eigenvalue weighted by Gasteiger charge is -2.31. The number of phenolic OH excluding ortho intramolecular Hbond substituents is 1. The molecular weight excluding hydrogens is 500 g/mol. The van der Waals surface area contributed by atoms with Crippen molar-refractivity contribution in [2.75, 3.05) is 25.2 Å². The first kappa shape index (κ1) is 26.8. The molecule has 0 saturated carbocycles. The van der Waals surface area contributed by atoms with Gasteiger partial charge in [-0.25, -0.2) is 4.90 Å². The number of non-ortho nitro benzene ring substituents is 1. The number of aromatic hydroxyl groups is 1. The van der Waals surface area contributed by atoms with Crippen molar-refractivity contribution in [1.29, 1.82) is 0 Å². The van der Waals surface area contributed by atoms with Gasteiger partial charge in [-0.2, -0.15) is 0 Å². The van der Waals surface area contributed by atoms with Crippen LogP contribution >= 0.6 is 0 Å². The number of nitro groups is 1. The van der Waals surface area contributed by atoms with Gasteiger partial charge in [0.25, 0.3) is 5.69 Å². The fourth-order valence-corrected chi connectivity index (χ4v) is 6.25. The molecule has 204 valence electrons. The van der Waals surface area contributed by atoms with Crippen molar-refractivity contribution >= 4 is 29.3 Å². The number of carbonyl (C=O) groups is 2. The van der Waals surface area contributed by atoms with Gasteiger partial charge >= 0.3 is 0 Å². The van der Waals surface area contributed by atoms with Crippen molar-refractivity contribution in [3.05, 3.63) is 80.9 Å². The van der Waals surface area contributed by atoms with E-state index in [9.17, 15) is 24.8 Å². The predicted molar refractivity (Wildman–Crippen MR) is 145 cm³/mol. The fraction of sp³-hybridized carbons (Fsp3) is 0.400. The number of methoxy groups -OCH3 is 1. The molecule has 0 bridgehead atoms. The Morgan fingerprint density at radius 3 is 2.64 bits per heavy atom. The van der Waals surface area contributed by atoms with Crippen LogP contribution in [0.2, 0.25) is 0 Å². The average Bonchev–Trinajstić information content (AvgIpc) is 3.46. The molecule has 0 spiro atoms. The van der Waals surface area contributed by atoms with Crippen molar-refractivity contribution in [1.82, 2.24) is 0 Å². The Kier molecular flexibility index (Phi) is 7.63. The second-order valence-electron chi connectivity index (χ2n) is 10.3. The molecule has 0 aromatic heterocycles. The first-order chi connectivity index (χ1) is 18.8. The summed E-state index contributed by atoms with van der Waals surface area (Å²) in [5.41, 5.74) is 4.41. The number of nitro benzene ring substituents is 1. The highest BCUT2D eigenvalue weighted by molar-refractivity contribution is 6.22. The smallest absolute Gasteiger partial charge is 0.271 e. The van der Waals surface area contributed by atoms with E-state index < -0.39 is 16.8 Å². The van der Waals surface area contributed by atoms with E-state index in [1.165, 1.54) is 23.8 Å². The summed E-state index contributed by atoms with van der Waals surface area (Å²) < 4.78 is 11.8. The highest BCUT2D eigenvalue weighted by Gasteiger charge is 2.57. The Morgan fingerprint density at radius 1 is 1.18 bits per heavy atom. The van der Waals surface area contributed by atoms with Gasteiger partial charge < -0.3 is 14.6 Å². The summed E-state index contributed by atoms with van der Waals surface area (Å²) in [6, 6.07) is 12.8. The molecular formula is C30H32N2O7. The fourth-order valence-electron chi connectivity index (χ4n) is 6.25. The summed E-state index contributed by atoms with van der Waals surface area (Å²) in [4.78, 5) is 39.1. The zero-order chi connectivity index (χ0) is 27.7. The van der Waals surface area contributed by atoms with Crippen LogP contribution in [0.1, 0.15) is 38.2 Å². The van der Waals surface area contributed by atoms with E-state index in [0.29, 0.717) is 19.6 Å². The number of amides is 2. The lowest BCUT2D eigenvalue weighted by atomic mass is 9.69. The lowest BCUT2D eigenvalue weighted by molar-refractivity contribution is -0.384. The van der Waals surface area contributed by atoms with Crippen LogP contribution < -0.4 is 4.90 Å². The van der Waals surface area contributed by atoms with Gasteiger partial charge in [0.1, 0.15) is 5.75 Å². The van der Waals surface area contributed by atoms with Crippen LogP contribution in [0, 0.1) is 27.9 Å². The molecule has 2 fully saturated rings. The Balaban J connectivity index is 1.39. The van der Waals surface area contributed by atoms with Gasteiger partial charge in [-0.3, -0.25) is 19.7 Å². The Bertz CT molecular complexity index is 1350. The van der Waals surface area contributed by atoms with E-state index in [2.05, 4.69) is 13.0 Å². The minimum absolute atomic E-state index is 0.168. The van der Waals surface area contributed by atoms with Crippen LogP contribution in [0.5, 0.6) is 5.75 Å². The largest absolute Gasteiger partial charge is 0.508 e. The van der Waals surface area contributed by atoms with E-state index in [0.717, 1.165) is 40.9 Å². The summed E-state index contributed by atoms with van der Waals surface area (Å²) in [6.45, 7) is 2.81. The Hall–Kier alpha value is -3.82. The highest BCUT2D eigenvalue weighted by Crippen LogP contribution is 2.50. The van der Waals surface area contributed by atoms with Crippen LogP contribution in [0.3, 0.4) is 0 Å². The monoisotopic (exact) mass is 532 g/mol. The number of benzene rings is 2. The molecule has 1 aliphatic carbocycles. The highest BCUT2D eigenvalue weighted by atomic mass is 16.6. The van der Waals surface area contributed by atoms with Gasteiger partial charge in [0.05, 0.1) is 41.8 Å². The van der Waals surface area contributed by atoms with Crippen LogP contribution in [0.4, 0.5) is 11.4 Å². The van der Waals surface area contributed by atoms with Crippen molar-refractivity contribution in [2.45, 2.75) is 38.7 Å². The average molecular weight is 533 g/mol. The molecule has 9 heteroatoms. The number of imide groups is 1. The van der Waals surface area contributed by atoms with Crippen LogP contribution in [-0.2, 0) is 19.1 Å². The number of rotatable bonds is 9. The molecule has 0 unspecified atom stereocenters. The van der Waals surface area contributed by atoms with Gasteiger partial charge in [-0.05, 0) is 60.6 Å². The molecule has 1 N–H and O–H groups in total. The zero-order valence-electron chi connectivity index (χ0n) is 22.0. The van der Waals surface area contributed by atoms with Crippen LogP contribution in [-0.4, -0.2) is 48.3 Å². The molecule has 5 rings (SSSR count). The van der Waals surface area contributed by atoms with E-state index in [1.807, 2.05) is 12.1 Å². The number of hydrogen-bond donors (Lipinski definition) is 1. The summed E-state index contributed by atoms with van der Waals surface area (Å²) in [6.07, 6.45) is 4.78. The van der Waals surface area contributed by atoms with Crippen molar-refractivity contribution < 1.29 is 29.1 Å². The molecule has 2 amide bonds. The van der Waals surface area contributed by atoms with Crippen LogP contribution in [0.15, 0.2) is 65.3 Å². The minimum atomic E-state index is -0.560. The second-order valence-corrected chi connectivity index (χ2v) is 10.3. The molecule has 9 nitrogen and oxygen atoms in total. The quantitative estimate of drug-likeness (QED) is 0.208. The van der Waals surface area contributed by atoms with E-state index >= 15 is 0 Å². The number of anilines is 1. The van der Waals surface area contributed by atoms with Gasteiger partial charge in [0.15, 0.2) is 0 Å². The molecule has 2 heterocycles. The van der Waals surface area contributed by atoms with Gasteiger partial charge in [-0.1, -0.05) is 36.8 Å². The molecule has 0 radical (unpaired) electrons. The second kappa shape index (κ2) is 11.1. The maximum Gasteiger partial charge on any atom is 0.271 e. The van der Waals surface area contributed by atoms with Gasteiger partial charge in [0.2, 0.25) is 11.8 Å². The molecule has 3 aliphatic rings. The number of ether oxygens (including phenoxy) is 2. The molecule has 2 aromatic rings. The summed E-state index contributed by atoms with van der Waals surface area (Å²) >= 11 is 0. The zero-order valence-corrected chi connectivity index (χ0v) is 22.0. The molecule has 4 atom stereocenters. The third-order valence-electron chi connectivity index (χ3n) is 8.07. The Morgan fingerprint density at radius 2 is 1.95 bits per heavy atom. The number of hydrogen-bond acceptors (Lipinski definition) is 7. The summed E-state index contributed by atoms with van der Waals surface area (Å²) in [5.74, 6) is -1.76. The summed E-state index contributed by atoms with van der Waals surface area (Å²) in [5, 5.41) is 20.9. The summed E-state index contributed by atoms with van der Waals surface area (Å²) in [7, 11) is 1.62. The first-order valence-electron chi connectivity index (χ1n) is 13.3. The molecule has 39 heavy (non-hydrogen) atoms. The number of nitrogens with zero attached hydrogens (tertiary/aromatic N) is 2. The lowest BCUT2D eigenvalue weighted by Crippen LogP contribution is -2.35. The molecule has 2 aliphatic heterocycles. The van der Waals surface area contributed by atoms with Gasteiger partial charge in [0, 0.05) is 25.2 Å². The van der Waals surface area contributed by atoms with Gasteiger partial charge in [-0.15, -0.1) is 0 Å². The number of allylic oxidation sites excluding steroid dienone is 1. The maximum atomic E-state index is 13.7. The first-order valence-corrected chi connectivity index (χ1v) is 13.3. The Labute approximate surface area is 226 Å². The SMILES string of the molecule is CC/C(=C\c1ccc(O)cc1)CC[C@H]1OC[C@H]2C1=C(COC)C[C@H]1C(=O)N(c3cccc([N+](=O)[O-])c3)C(=O)[C@H]12. The van der Waals surface area contributed by atoms with E-state index in [-0.39, 0.29) is 41.0 Å². The van der Waals surface area contributed by atoms with Crippen molar-refractivity contribution in [2.24, 2.45) is 17.8 Å².